The van der Waals surface area contributed by atoms with E-state index in [1.165, 1.54) is 25.7 Å². The fourth-order valence-corrected chi connectivity index (χ4v) is 6.88. The molecule has 21 heavy (non-hydrogen) atoms. The number of hydrogen-bond donors (Lipinski definition) is 2. The lowest BCUT2D eigenvalue weighted by Crippen LogP contribution is -2.54. The van der Waals surface area contributed by atoms with E-state index in [-0.39, 0.29) is 11.5 Å². The second-order valence-electron chi connectivity index (χ2n) is 8.87. The smallest absolute Gasteiger partial charge is 0.0944 e. The molecule has 4 aliphatic rings. The summed E-state index contributed by atoms with van der Waals surface area (Å²) >= 11 is 0. The SMILES string of the molecule is C[C@]12CC(O)CCC1CC[C@@H]1[C@H]2CC[C@]2(C)C(O)=CC[C@@H]12. The molecule has 0 aliphatic heterocycles. The van der Waals surface area contributed by atoms with Gasteiger partial charge in [-0.2, -0.15) is 0 Å². The molecule has 3 fully saturated rings. The van der Waals surface area contributed by atoms with Crippen LogP contribution < -0.4 is 0 Å². The van der Waals surface area contributed by atoms with Crippen molar-refractivity contribution in [3.63, 3.8) is 0 Å². The van der Waals surface area contributed by atoms with Gasteiger partial charge in [0.05, 0.1) is 11.9 Å². The standard InChI is InChI=1S/C19H30O2/c1-18-10-9-16-14(15(18)7-8-17(18)21)6-4-12-3-5-13(20)11-19(12,16)2/h8,12-16,20-21H,3-7,9-11H2,1-2H3/t12?,13?,14-,15-,16+,18-,19-/m0/s1. The molecule has 0 aromatic heterocycles. The summed E-state index contributed by atoms with van der Waals surface area (Å²) in [5, 5.41) is 20.6. The van der Waals surface area contributed by atoms with E-state index in [0.29, 0.717) is 17.1 Å². The Morgan fingerprint density at radius 1 is 1.05 bits per heavy atom. The third kappa shape index (κ3) is 1.81. The molecule has 118 valence electrons. The molecule has 0 radical (unpaired) electrons. The third-order valence-electron chi connectivity index (χ3n) is 8.13. The largest absolute Gasteiger partial charge is 0.512 e. The second kappa shape index (κ2) is 4.50. The van der Waals surface area contributed by atoms with Crippen LogP contribution in [0.3, 0.4) is 0 Å². The molecular formula is C19H30O2. The number of aliphatic hydroxyl groups is 2. The van der Waals surface area contributed by atoms with Gasteiger partial charge in [-0.25, -0.2) is 0 Å². The minimum atomic E-state index is -0.0755. The Labute approximate surface area is 128 Å². The lowest BCUT2D eigenvalue weighted by Gasteiger charge is -2.60. The predicted octanol–water partition coefficient (Wildman–Crippen LogP) is 4.44. The van der Waals surface area contributed by atoms with E-state index in [4.69, 9.17) is 0 Å². The molecule has 4 aliphatic carbocycles. The van der Waals surface area contributed by atoms with Crippen LogP contribution >= 0.6 is 0 Å². The first-order valence-corrected chi connectivity index (χ1v) is 9.03. The van der Waals surface area contributed by atoms with Crippen LogP contribution in [0.15, 0.2) is 11.8 Å². The highest BCUT2D eigenvalue weighted by molar-refractivity contribution is 5.20. The van der Waals surface area contributed by atoms with E-state index in [2.05, 4.69) is 19.9 Å². The van der Waals surface area contributed by atoms with Crippen molar-refractivity contribution in [2.75, 3.05) is 0 Å². The molecule has 2 heteroatoms. The van der Waals surface area contributed by atoms with Gasteiger partial charge in [0.2, 0.25) is 0 Å². The zero-order valence-electron chi connectivity index (χ0n) is 13.5. The Hall–Kier alpha value is -0.500. The fraction of sp³-hybridized carbons (Fsp3) is 0.895. The van der Waals surface area contributed by atoms with E-state index in [0.717, 1.165) is 43.4 Å². The Bertz CT molecular complexity index is 470. The van der Waals surface area contributed by atoms with Gasteiger partial charge in [0.15, 0.2) is 0 Å². The molecule has 3 saturated carbocycles. The normalized spacial score (nSPS) is 56.1. The van der Waals surface area contributed by atoms with Crippen LogP contribution in [0.4, 0.5) is 0 Å². The molecule has 2 unspecified atom stereocenters. The maximum atomic E-state index is 10.3. The van der Waals surface area contributed by atoms with Gasteiger partial charge in [-0.15, -0.1) is 0 Å². The first-order valence-electron chi connectivity index (χ1n) is 9.03. The first kappa shape index (κ1) is 14.1. The monoisotopic (exact) mass is 290 g/mol. The molecular weight excluding hydrogens is 260 g/mol. The fourth-order valence-electron chi connectivity index (χ4n) is 6.88. The summed E-state index contributed by atoms with van der Waals surface area (Å²) in [7, 11) is 0. The van der Waals surface area contributed by atoms with E-state index in [1.54, 1.807) is 0 Å². The van der Waals surface area contributed by atoms with Crippen molar-refractivity contribution in [3.8, 4) is 0 Å². The van der Waals surface area contributed by atoms with Crippen molar-refractivity contribution in [2.45, 2.75) is 71.3 Å². The van der Waals surface area contributed by atoms with Gasteiger partial charge in [0.1, 0.15) is 0 Å². The number of allylic oxidation sites excluding steroid dienone is 2. The number of fused-ring (bicyclic) bond motifs is 5. The molecule has 0 heterocycles. The Morgan fingerprint density at radius 2 is 1.81 bits per heavy atom. The zero-order chi connectivity index (χ0) is 14.8. The minimum Gasteiger partial charge on any atom is -0.512 e. The summed E-state index contributed by atoms with van der Waals surface area (Å²) in [6.07, 6.45) is 11.4. The quantitative estimate of drug-likeness (QED) is 0.692. The van der Waals surface area contributed by atoms with Crippen LogP contribution in [0.1, 0.15) is 65.2 Å². The van der Waals surface area contributed by atoms with Crippen molar-refractivity contribution < 1.29 is 10.2 Å². The van der Waals surface area contributed by atoms with Gasteiger partial charge in [-0.1, -0.05) is 13.8 Å². The molecule has 7 atom stereocenters. The average Bonchev–Trinajstić information content (AvgIpc) is 2.74. The van der Waals surface area contributed by atoms with E-state index >= 15 is 0 Å². The Kier molecular flexibility index (Phi) is 3.03. The maximum Gasteiger partial charge on any atom is 0.0944 e. The van der Waals surface area contributed by atoms with Gasteiger partial charge >= 0.3 is 0 Å². The van der Waals surface area contributed by atoms with Crippen molar-refractivity contribution in [2.24, 2.45) is 34.5 Å². The third-order valence-corrected chi connectivity index (χ3v) is 8.13. The van der Waals surface area contributed by atoms with Crippen molar-refractivity contribution in [1.29, 1.82) is 0 Å². The predicted molar refractivity (Wildman–Crippen MR) is 83.8 cm³/mol. The van der Waals surface area contributed by atoms with Crippen LogP contribution in [-0.4, -0.2) is 16.3 Å². The van der Waals surface area contributed by atoms with Crippen molar-refractivity contribution in [3.05, 3.63) is 11.8 Å². The average molecular weight is 290 g/mol. The van der Waals surface area contributed by atoms with Crippen LogP contribution in [-0.2, 0) is 0 Å². The summed E-state index contributed by atoms with van der Waals surface area (Å²) in [6, 6.07) is 0. The lowest BCUT2D eigenvalue weighted by atomic mass is 9.45. The molecule has 0 amide bonds. The van der Waals surface area contributed by atoms with E-state index in [1.807, 2.05) is 0 Å². The van der Waals surface area contributed by atoms with Gasteiger partial charge in [-0.3, -0.25) is 0 Å². The Balaban J connectivity index is 1.65. The molecule has 0 saturated heterocycles. The second-order valence-corrected chi connectivity index (χ2v) is 8.87. The van der Waals surface area contributed by atoms with Crippen LogP contribution in [0.2, 0.25) is 0 Å². The molecule has 0 bridgehead atoms. The van der Waals surface area contributed by atoms with E-state index in [9.17, 15) is 10.2 Å². The lowest BCUT2D eigenvalue weighted by molar-refractivity contribution is -0.125. The van der Waals surface area contributed by atoms with E-state index < -0.39 is 0 Å². The van der Waals surface area contributed by atoms with Gasteiger partial charge in [0.25, 0.3) is 0 Å². The summed E-state index contributed by atoms with van der Waals surface area (Å²) in [4.78, 5) is 0. The summed E-state index contributed by atoms with van der Waals surface area (Å²) < 4.78 is 0. The van der Waals surface area contributed by atoms with Crippen LogP contribution in [0.5, 0.6) is 0 Å². The van der Waals surface area contributed by atoms with Crippen LogP contribution in [0.25, 0.3) is 0 Å². The molecule has 2 nitrogen and oxygen atoms in total. The molecule has 4 rings (SSSR count). The number of aliphatic hydroxyl groups excluding tert-OH is 2. The minimum absolute atomic E-state index is 0.0532. The summed E-state index contributed by atoms with van der Waals surface area (Å²) in [5.74, 6) is 3.67. The molecule has 2 N–H and O–H groups in total. The first-order chi connectivity index (χ1) is 9.95. The highest BCUT2D eigenvalue weighted by Crippen LogP contribution is 2.65. The molecule has 0 aromatic carbocycles. The summed E-state index contributed by atoms with van der Waals surface area (Å²) in [6.45, 7) is 4.76. The molecule has 0 spiro atoms. The molecule has 0 aromatic rings. The van der Waals surface area contributed by atoms with Gasteiger partial charge in [-0.05, 0) is 86.5 Å². The number of rotatable bonds is 0. The van der Waals surface area contributed by atoms with Crippen molar-refractivity contribution >= 4 is 0 Å². The number of hydrogen-bond acceptors (Lipinski definition) is 2. The van der Waals surface area contributed by atoms with Gasteiger partial charge in [0, 0.05) is 5.41 Å². The highest BCUT2D eigenvalue weighted by Gasteiger charge is 2.58. The zero-order valence-corrected chi connectivity index (χ0v) is 13.5. The van der Waals surface area contributed by atoms with Gasteiger partial charge < -0.3 is 10.2 Å². The van der Waals surface area contributed by atoms with Crippen LogP contribution in [0, 0.1) is 34.5 Å². The topological polar surface area (TPSA) is 40.5 Å². The van der Waals surface area contributed by atoms with Crippen molar-refractivity contribution in [1.82, 2.24) is 0 Å². The summed E-state index contributed by atoms with van der Waals surface area (Å²) in [5.41, 5.74) is 0.401. The highest BCUT2D eigenvalue weighted by atomic mass is 16.3. The maximum absolute atomic E-state index is 10.3. The Morgan fingerprint density at radius 3 is 2.62 bits per heavy atom.